The van der Waals surface area contributed by atoms with Crippen LogP contribution in [0.3, 0.4) is 0 Å². The Balaban J connectivity index is 1.67. The predicted molar refractivity (Wildman–Crippen MR) is 112 cm³/mol. The highest BCUT2D eigenvalue weighted by Crippen LogP contribution is 2.27. The Morgan fingerprint density at radius 1 is 1.10 bits per heavy atom. The third-order valence-corrected chi connectivity index (χ3v) is 5.19. The van der Waals surface area contributed by atoms with Crippen molar-refractivity contribution in [2.45, 2.75) is 25.9 Å². The minimum atomic E-state index is -0.375. The van der Waals surface area contributed by atoms with Gasteiger partial charge < -0.3 is 15.1 Å². The van der Waals surface area contributed by atoms with Crippen molar-refractivity contribution in [1.82, 2.24) is 10.2 Å². The second-order valence-corrected chi connectivity index (χ2v) is 7.79. The van der Waals surface area contributed by atoms with E-state index in [2.05, 4.69) is 16.8 Å². The minimum absolute atomic E-state index is 0.0181. The molecule has 1 N–H and O–H groups in total. The molecule has 6 heteroatoms. The maximum absolute atomic E-state index is 13.2. The molecular weight excluding hydrogens is 369 g/mol. The van der Waals surface area contributed by atoms with Crippen LogP contribution in [0.4, 0.5) is 10.1 Å². The fourth-order valence-electron chi connectivity index (χ4n) is 3.59. The van der Waals surface area contributed by atoms with Gasteiger partial charge in [-0.1, -0.05) is 18.7 Å². The first-order valence-corrected chi connectivity index (χ1v) is 9.62. The van der Waals surface area contributed by atoms with Gasteiger partial charge in [0, 0.05) is 37.4 Å². The molecule has 0 aromatic heterocycles. The number of hydrogen-bond donors (Lipinski definition) is 1. The van der Waals surface area contributed by atoms with Gasteiger partial charge in [0.05, 0.1) is 5.54 Å². The maximum atomic E-state index is 13.2. The van der Waals surface area contributed by atoms with Gasteiger partial charge in [0.25, 0.3) is 5.91 Å². The van der Waals surface area contributed by atoms with Gasteiger partial charge in [-0.15, -0.1) is 0 Å². The molecule has 1 fully saturated rings. The number of benzene rings is 2. The fraction of sp³-hybridized carbons (Fsp3) is 0.304. The van der Waals surface area contributed by atoms with Crippen LogP contribution in [-0.2, 0) is 11.3 Å². The number of carbonyl (C=O) groups excluding carboxylic acids is 2. The lowest BCUT2D eigenvalue weighted by Crippen LogP contribution is -2.61. The molecule has 5 nitrogen and oxygen atoms in total. The lowest BCUT2D eigenvalue weighted by molar-refractivity contribution is -0.116. The van der Waals surface area contributed by atoms with Crippen molar-refractivity contribution < 1.29 is 14.0 Å². The van der Waals surface area contributed by atoms with Crippen LogP contribution in [0.1, 0.15) is 29.8 Å². The number of amides is 2. The molecule has 1 aliphatic rings. The number of hydrogen-bond acceptors (Lipinski definition) is 3. The van der Waals surface area contributed by atoms with E-state index in [0.29, 0.717) is 31.7 Å². The van der Waals surface area contributed by atoms with Crippen molar-refractivity contribution in [1.29, 1.82) is 0 Å². The zero-order chi connectivity index (χ0) is 21.0. The van der Waals surface area contributed by atoms with E-state index in [1.807, 2.05) is 30.9 Å². The second-order valence-electron chi connectivity index (χ2n) is 7.79. The molecule has 0 saturated carbocycles. The molecule has 3 rings (SSSR count). The van der Waals surface area contributed by atoms with Gasteiger partial charge in [-0.05, 0) is 61.9 Å². The van der Waals surface area contributed by atoms with Crippen molar-refractivity contribution in [2.75, 3.05) is 24.5 Å². The van der Waals surface area contributed by atoms with Crippen LogP contribution < -0.4 is 10.2 Å². The highest BCUT2D eigenvalue weighted by molar-refractivity contribution is 5.95. The summed E-state index contributed by atoms with van der Waals surface area (Å²) in [6, 6.07) is 13.7. The Bertz CT molecular complexity index is 891. The summed E-state index contributed by atoms with van der Waals surface area (Å²) in [5, 5.41) is 2.72. The van der Waals surface area contributed by atoms with Gasteiger partial charge in [0.2, 0.25) is 5.91 Å². The van der Waals surface area contributed by atoms with Gasteiger partial charge in [-0.2, -0.15) is 0 Å². The largest absolute Gasteiger partial charge is 0.367 e. The highest BCUT2D eigenvalue weighted by atomic mass is 19.1. The van der Waals surface area contributed by atoms with E-state index in [9.17, 15) is 14.0 Å². The van der Waals surface area contributed by atoms with Crippen LogP contribution in [-0.4, -0.2) is 41.9 Å². The summed E-state index contributed by atoms with van der Waals surface area (Å²) >= 11 is 0. The average molecular weight is 395 g/mol. The van der Waals surface area contributed by atoms with Gasteiger partial charge in [0.1, 0.15) is 5.82 Å². The molecule has 2 aromatic carbocycles. The van der Waals surface area contributed by atoms with Crippen LogP contribution in [0.15, 0.2) is 61.2 Å². The molecule has 1 saturated heterocycles. The fourth-order valence-corrected chi connectivity index (χ4v) is 3.59. The van der Waals surface area contributed by atoms with E-state index in [1.165, 1.54) is 18.2 Å². The summed E-state index contributed by atoms with van der Waals surface area (Å²) in [5.41, 5.74) is 2.11. The summed E-state index contributed by atoms with van der Waals surface area (Å²) in [7, 11) is 0. The van der Waals surface area contributed by atoms with Crippen LogP contribution >= 0.6 is 0 Å². The predicted octanol–water partition coefficient (Wildman–Crippen LogP) is 3.37. The quantitative estimate of drug-likeness (QED) is 0.790. The molecule has 1 aliphatic heterocycles. The molecule has 152 valence electrons. The SMILES string of the molecule is C=CC(=O)NCc1ccc(C(=O)N2CCN(c3ccc(F)cc3)CC2(C)C)cc1. The molecule has 0 spiro atoms. The summed E-state index contributed by atoms with van der Waals surface area (Å²) in [6.07, 6.45) is 1.23. The monoisotopic (exact) mass is 395 g/mol. The van der Waals surface area contributed by atoms with Crippen molar-refractivity contribution in [3.8, 4) is 0 Å². The average Bonchev–Trinajstić information content (AvgIpc) is 2.71. The smallest absolute Gasteiger partial charge is 0.254 e. The first kappa shape index (κ1) is 20.6. The highest BCUT2D eigenvalue weighted by Gasteiger charge is 2.37. The van der Waals surface area contributed by atoms with Gasteiger partial charge in [0.15, 0.2) is 0 Å². The zero-order valence-corrected chi connectivity index (χ0v) is 16.8. The van der Waals surface area contributed by atoms with E-state index in [1.54, 1.807) is 24.3 Å². The second kappa shape index (κ2) is 8.47. The van der Waals surface area contributed by atoms with Crippen molar-refractivity contribution in [2.24, 2.45) is 0 Å². The number of nitrogens with zero attached hydrogens (tertiary/aromatic N) is 2. The first-order valence-electron chi connectivity index (χ1n) is 9.62. The summed E-state index contributed by atoms with van der Waals surface area (Å²) in [4.78, 5) is 28.4. The number of nitrogens with one attached hydrogen (secondary N) is 1. The van der Waals surface area contributed by atoms with Gasteiger partial charge in [-0.3, -0.25) is 9.59 Å². The molecule has 0 atom stereocenters. The number of anilines is 1. The lowest BCUT2D eigenvalue weighted by atomic mass is 9.96. The van der Waals surface area contributed by atoms with Gasteiger partial charge in [-0.25, -0.2) is 4.39 Å². The third-order valence-electron chi connectivity index (χ3n) is 5.19. The van der Waals surface area contributed by atoms with Crippen LogP contribution in [0.25, 0.3) is 0 Å². The maximum Gasteiger partial charge on any atom is 0.254 e. The van der Waals surface area contributed by atoms with Crippen molar-refractivity contribution in [3.63, 3.8) is 0 Å². The Morgan fingerprint density at radius 2 is 1.76 bits per heavy atom. The molecule has 1 heterocycles. The van der Waals surface area contributed by atoms with E-state index in [-0.39, 0.29) is 23.2 Å². The van der Waals surface area contributed by atoms with E-state index in [0.717, 1.165) is 11.3 Å². The molecule has 2 amide bonds. The molecule has 0 aliphatic carbocycles. The zero-order valence-electron chi connectivity index (χ0n) is 16.8. The molecule has 0 bridgehead atoms. The standard InChI is InChI=1S/C23H26FN3O2/c1-4-21(28)25-15-17-5-7-18(8-6-17)22(29)27-14-13-26(16-23(27,2)3)20-11-9-19(24)10-12-20/h4-12H,1,13-16H2,2-3H3,(H,25,28). The summed E-state index contributed by atoms with van der Waals surface area (Å²) in [6.45, 7) is 9.83. The van der Waals surface area contributed by atoms with Gasteiger partial charge >= 0.3 is 0 Å². The molecule has 0 unspecified atom stereocenters. The normalized spacial score (nSPS) is 15.7. The molecule has 29 heavy (non-hydrogen) atoms. The number of rotatable bonds is 5. The molecule has 2 aromatic rings. The Labute approximate surface area is 170 Å². The Kier molecular flexibility index (Phi) is 6.01. The van der Waals surface area contributed by atoms with Crippen molar-refractivity contribution in [3.05, 3.63) is 78.1 Å². The van der Waals surface area contributed by atoms with Crippen LogP contribution in [0.2, 0.25) is 0 Å². The van der Waals surface area contributed by atoms with Crippen molar-refractivity contribution >= 4 is 17.5 Å². The first-order chi connectivity index (χ1) is 13.8. The summed E-state index contributed by atoms with van der Waals surface area (Å²) in [5.74, 6) is -0.504. The third kappa shape index (κ3) is 4.83. The van der Waals surface area contributed by atoms with Crippen LogP contribution in [0, 0.1) is 5.82 Å². The Hall–Kier alpha value is -3.15. The molecule has 0 radical (unpaired) electrons. The minimum Gasteiger partial charge on any atom is -0.367 e. The number of piperazine rings is 1. The van der Waals surface area contributed by atoms with E-state index >= 15 is 0 Å². The van der Waals surface area contributed by atoms with Crippen LogP contribution in [0.5, 0.6) is 0 Å². The molecular formula is C23H26FN3O2. The van der Waals surface area contributed by atoms with E-state index in [4.69, 9.17) is 0 Å². The summed E-state index contributed by atoms with van der Waals surface area (Å²) < 4.78 is 13.2. The number of carbonyl (C=O) groups is 2. The Morgan fingerprint density at radius 3 is 2.34 bits per heavy atom. The van der Waals surface area contributed by atoms with E-state index < -0.39 is 0 Å². The lowest BCUT2D eigenvalue weighted by Gasteiger charge is -2.48. The number of halogens is 1. The topological polar surface area (TPSA) is 52.7 Å².